The number of rotatable bonds is 7. The lowest BCUT2D eigenvalue weighted by molar-refractivity contribution is -0.144. The number of hydrogen-bond acceptors (Lipinski definition) is 7. The highest BCUT2D eigenvalue weighted by atomic mass is 127. The minimum Gasteiger partial charge on any atom is -0.493 e. The topological polar surface area (TPSA) is 116 Å². The number of para-hydroxylation sites is 2. The minimum atomic E-state index is -1.09. The van der Waals surface area contributed by atoms with Crippen molar-refractivity contribution in [3.05, 3.63) is 86.2 Å². The van der Waals surface area contributed by atoms with Crippen LogP contribution in [0, 0.1) is 3.57 Å². The van der Waals surface area contributed by atoms with Gasteiger partial charge in [-0.3, -0.25) is 4.79 Å². The molecule has 0 unspecified atom stereocenters. The second-order valence-electron chi connectivity index (χ2n) is 8.09. The molecule has 9 nitrogen and oxygen atoms in total. The van der Waals surface area contributed by atoms with Gasteiger partial charge in [-0.1, -0.05) is 30.3 Å². The minimum absolute atomic E-state index is 0.257. The number of carboxylic acid groups (broad SMARTS) is 1. The van der Waals surface area contributed by atoms with E-state index in [1.165, 1.54) is 24.9 Å². The molecule has 0 radical (unpaired) electrons. The molecule has 0 aliphatic rings. The number of ether oxygens (including phenoxy) is 2. The van der Waals surface area contributed by atoms with Gasteiger partial charge >= 0.3 is 5.97 Å². The van der Waals surface area contributed by atoms with Crippen LogP contribution in [0.2, 0.25) is 0 Å². The third-order valence-corrected chi connectivity index (χ3v) is 6.42. The molecular weight excluding hydrogens is 589 g/mol. The Morgan fingerprint density at radius 1 is 1.16 bits per heavy atom. The summed E-state index contributed by atoms with van der Waals surface area (Å²) in [7, 11) is 1.46. The van der Waals surface area contributed by atoms with E-state index < -0.39 is 12.1 Å². The Balaban J connectivity index is 1.62. The number of fused-ring (bicyclic) bond motifs is 2. The average molecular weight is 609 g/mol. The van der Waals surface area contributed by atoms with Gasteiger partial charge in [-0.2, -0.15) is 9.78 Å². The van der Waals surface area contributed by atoms with E-state index in [9.17, 15) is 14.7 Å². The van der Waals surface area contributed by atoms with Gasteiger partial charge in [0.2, 0.25) is 5.82 Å². The molecule has 5 aromatic rings. The second kappa shape index (κ2) is 10.1. The molecule has 1 N–H and O–H groups in total. The van der Waals surface area contributed by atoms with Crippen molar-refractivity contribution in [1.29, 1.82) is 0 Å². The van der Waals surface area contributed by atoms with Crippen molar-refractivity contribution in [2.75, 3.05) is 7.11 Å². The normalized spacial score (nSPS) is 12.3. The molecule has 0 aliphatic carbocycles. The number of halogens is 1. The molecule has 0 amide bonds. The summed E-state index contributed by atoms with van der Waals surface area (Å²) in [5.74, 6) is 0.211. The van der Waals surface area contributed by atoms with Crippen LogP contribution in [0.4, 0.5) is 0 Å². The molecular formula is C27H20IN3O6. The third kappa shape index (κ3) is 4.79. The molecule has 37 heavy (non-hydrogen) atoms. The van der Waals surface area contributed by atoms with Gasteiger partial charge in [-0.25, -0.2) is 9.78 Å². The highest BCUT2D eigenvalue weighted by Crippen LogP contribution is 2.34. The van der Waals surface area contributed by atoms with E-state index in [2.05, 4.69) is 10.1 Å². The molecule has 0 saturated carbocycles. The molecule has 10 heteroatoms. The Kier molecular flexibility index (Phi) is 6.66. The van der Waals surface area contributed by atoms with Crippen LogP contribution in [-0.2, 0) is 4.79 Å². The van der Waals surface area contributed by atoms with Crippen molar-refractivity contribution in [2.24, 2.45) is 5.10 Å². The van der Waals surface area contributed by atoms with Crippen molar-refractivity contribution < 1.29 is 23.8 Å². The first kappa shape index (κ1) is 24.5. The summed E-state index contributed by atoms with van der Waals surface area (Å²) in [6.07, 6.45) is 0.439. The van der Waals surface area contributed by atoms with Crippen LogP contribution in [0.25, 0.3) is 33.5 Å². The number of furan rings is 1. The second-order valence-corrected chi connectivity index (χ2v) is 9.26. The van der Waals surface area contributed by atoms with Crippen molar-refractivity contribution in [2.45, 2.75) is 13.0 Å². The quantitative estimate of drug-likeness (QED) is 0.200. The number of carbonyl (C=O) groups is 1. The van der Waals surface area contributed by atoms with Crippen LogP contribution in [0.3, 0.4) is 0 Å². The molecule has 0 saturated heterocycles. The molecule has 2 heterocycles. The van der Waals surface area contributed by atoms with Crippen molar-refractivity contribution in [1.82, 2.24) is 9.66 Å². The van der Waals surface area contributed by atoms with E-state index in [1.54, 1.807) is 30.3 Å². The van der Waals surface area contributed by atoms with Gasteiger partial charge < -0.3 is 19.0 Å². The fourth-order valence-corrected chi connectivity index (χ4v) is 4.52. The highest BCUT2D eigenvalue weighted by molar-refractivity contribution is 14.1. The van der Waals surface area contributed by atoms with Gasteiger partial charge in [0.15, 0.2) is 23.4 Å². The summed E-state index contributed by atoms with van der Waals surface area (Å²) >= 11 is 2.03. The van der Waals surface area contributed by atoms with Gasteiger partial charge in [-0.15, -0.1) is 0 Å². The van der Waals surface area contributed by atoms with E-state index in [1.807, 2.05) is 59.0 Å². The maximum Gasteiger partial charge on any atom is 0.344 e. The molecule has 3 aromatic carbocycles. The largest absolute Gasteiger partial charge is 0.493 e. The lowest BCUT2D eigenvalue weighted by atomic mass is 10.2. The Morgan fingerprint density at radius 2 is 1.92 bits per heavy atom. The Hall–Kier alpha value is -4.19. The van der Waals surface area contributed by atoms with Crippen LogP contribution in [-0.4, -0.2) is 40.2 Å². The fourth-order valence-electron chi connectivity index (χ4n) is 3.76. The first-order valence-electron chi connectivity index (χ1n) is 11.2. The van der Waals surface area contributed by atoms with E-state index in [0.717, 1.165) is 5.39 Å². The van der Waals surface area contributed by atoms with Crippen molar-refractivity contribution >= 4 is 56.6 Å². The molecule has 1 atom stereocenters. The summed E-state index contributed by atoms with van der Waals surface area (Å²) in [4.78, 5) is 29.4. The number of aliphatic carboxylic acids is 1. The molecule has 0 aliphatic heterocycles. The molecule has 0 fully saturated rings. The lowest BCUT2D eigenvalue weighted by Gasteiger charge is -2.16. The monoisotopic (exact) mass is 609 g/mol. The van der Waals surface area contributed by atoms with Crippen molar-refractivity contribution in [3.8, 4) is 23.1 Å². The van der Waals surface area contributed by atoms with Crippen LogP contribution >= 0.6 is 22.6 Å². The first-order chi connectivity index (χ1) is 17.9. The molecule has 0 bridgehead atoms. The maximum atomic E-state index is 13.5. The zero-order valence-electron chi connectivity index (χ0n) is 19.7. The van der Waals surface area contributed by atoms with Crippen LogP contribution in [0.15, 0.2) is 81.0 Å². The van der Waals surface area contributed by atoms with Gasteiger partial charge in [0.05, 0.1) is 27.8 Å². The number of methoxy groups -OCH3 is 1. The summed E-state index contributed by atoms with van der Waals surface area (Å²) in [6.45, 7) is 1.44. The number of aromatic nitrogens is 2. The highest BCUT2D eigenvalue weighted by Gasteiger charge is 2.19. The van der Waals surface area contributed by atoms with E-state index in [4.69, 9.17) is 13.9 Å². The molecule has 5 rings (SSSR count). The molecule has 0 spiro atoms. The summed E-state index contributed by atoms with van der Waals surface area (Å²) in [5.41, 5.74) is 1.45. The number of hydrogen-bond donors (Lipinski definition) is 1. The zero-order chi connectivity index (χ0) is 26.1. The van der Waals surface area contributed by atoms with Crippen LogP contribution in [0.5, 0.6) is 11.5 Å². The lowest BCUT2D eigenvalue weighted by Crippen LogP contribution is -2.23. The van der Waals surface area contributed by atoms with Crippen molar-refractivity contribution in [3.63, 3.8) is 0 Å². The third-order valence-electron chi connectivity index (χ3n) is 5.62. The van der Waals surface area contributed by atoms with Gasteiger partial charge in [-0.05, 0) is 71.5 Å². The Bertz CT molecular complexity index is 1710. The summed E-state index contributed by atoms with van der Waals surface area (Å²) in [5, 5.41) is 15.0. The SMILES string of the molecule is COc1cc(C=Nn2c(-c3cc4ccccc4o3)nc3ccccc3c2=O)cc(I)c1O[C@@H](C)C(=O)O. The standard InChI is InChI=1S/C27H20IN3O6/c1-15(27(33)34)36-24-19(28)11-16(12-22(24)35-2)14-29-31-25(23-13-17-7-3-6-10-21(17)37-23)30-20-9-5-4-8-18(20)26(31)32/h3-15H,1-2H3,(H,33,34)/t15-/m0/s1. The zero-order valence-corrected chi connectivity index (χ0v) is 21.9. The smallest absolute Gasteiger partial charge is 0.344 e. The maximum absolute atomic E-state index is 13.5. The summed E-state index contributed by atoms with van der Waals surface area (Å²) < 4.78 is 18.8. The van der Waals surface area contributed by atoms with Crippen LogP contribution < -0.4 is 15.0 Å². The summed E-state index contributed by atoms with van der Waals surface area (Å²) in [6, 6.07) is 19.8. The first-order valence-corrected chi connectivity index (χ1v) is 12.3. The number of carboxylic acids is 1. The predicted octanol–water partition coefficient (Wildman–Crippen LogP) is 5.16. The molecule has 186 valence electrons. The van der Waals surface area contributed by atoms with E-state index >= 15 is 0 Å². The van der Waals surface area contributed by atoms with Crippen LogP contribution in [0.1, 0.15) is 12.5 Å². The number of benzene rings is 3. The Morgan fingerprint density at radius 3 is 2.68 bits per heavy atom. The predicted molar refractivity (Wildman–Crippen MR) is 148 cm³/mol. The number of nitrogens with zero attached hydrogens (tertiary/aromatic N) is 3. The molecule has 2 aromatic heterocycles. The van der Waals surface area contributed by atoms with E-state index in [-0.39, 0.29) is 11.4 Å². The van der Waals surface area contributed by atoms with E-state index in [0.29, 0.717) is 42.9 Å². The van der Waals surface area contributed by atoms with Gasteiger partial charge in [0.25, 0.3) is 5.56 Å². The van der Waals surface area contributed by atoms with Gasteiger partial charge in [0, 0.05) is 5.39 Å². The average Bonchev–Trinajstić information content (AvgIpc) is 3.33. The Labute approximate surface area is 224 Å². The fraction of sp³-hybridized carbons (Fsp3) is 0.111. The van der Waals surface area contributed by atoms with Gasteiger partial charge in [0.1, 0.15) is 5.58 Å².